The van der Waals surface area contributed by atoms with Crippen LogP contribution in [0.1, 0.15) is 0 Å². The van der Waals surface area contributed by atoms with Crippen LogP contribution in [0.25, 0.3) is 65.8 Å². The van der Waals surface area contributed by atoms with E-state index < -0.39 is 0 Å². The highest BCUT2D eigenvalue weighted by molar-refractivity contribution is 6.11. The van der Waals surface area contributed by atoms with Gasteiger partial charge in [0.15, 0.2) is 0 Å². The predicted molar refractivity (Wildman–Crippen MR) is 179 cm³/mol. The third-order valence-electron chi connectivity index (χ3n) is 8.45. The summed E-state index contributed by atoms with van der Waals surface area (Å²) in [4.78, 5) is 2.34. The van der Waals surface area contributed by atoms with Crippen LogP contribution in [-0.4, -0.2) is 0 Å². The zero-order chi connectivity index (χ0) is 28.3. The topological polar surface area (TPSA) is 29.5 Å². The van der Waals surface area contributed by atoms with E-state index in [-0.39, 0.29) is 0 Å². The summed E-state index contributed by atoms with van der Waals surface area (Å²) in [6.45, 7) is 0. The molecular formula is C40H25NO2. The molecule has 3 heteroatoms. The molecule has 9 aromatic rings. The van der Waals surface area contributed by atoms with Crippen molar-refractivity contribution in [3.05, 3.63) is 152 Å². The Morgan fingerprint density at radius 1 is 0.372 bits per heavy atom. The largest absolute Gasteiger partial charge is 0.456 e. The van der Waals surface area contributed by atoms with Crippen LogP contribution in [0.3, 0.4) is 0 Å². The summed E-state index contributed by atoms with van der Waals surface area (Å²) in [6.07, 6.45) is 0. The Balaban J connectivity index is 1.34. The van der Waals surface area contributed by atoms with Gasteiger partial charge in [-0.2, -0.15) is 0 Å². The normalized spacial score (nSPS) is 11.7. The van der Waals surface area contributed by atoms with Crippen molar-refractivity contribution in [3.63, 3.8) is 0 Å². The van der Waals surface area contributed by atoms with Gasteiger partial charge in [-0.1, -0.05) is 91.0 Å². The van der Waals surface area contributed by atoms with Gasteiger partial charge in [-0.05, 0) is 70.9 Å². The molecule has 0 fully saturated rings. The van der Waals surface area contributed by atoms with E-state index in [9.17, 15) is 0 Å². The van der Waals surface area contributed by atoms with E-state index >= 15 is 0 Å². The molecule has 0 aliphatic heterocycles. The predicted octanol–water partition coefficient (Wildman–Crippen LogP) is 11.8. The first kappa shape index (κ1) is 23.9. The molecule has 0 amide bonds. The number of anilines is 3. The van der Waals surface area contributed by atoms with Crippen LogP contribution >= 0.6 is 0 Å². The number of nitrogens with zero attached hydrogens (tertiary/aromatic N) is 1. The molecule has 0 unspecified atom stereocenters. The summed E-state index contributed by atoms with van der Waals surface area (Å²) in [5.41, 5.74) is 9.05. The van der Waals surface area contributed by atoms with Crippen molar-refractivity contribution in [2.75, 3.05) is 4.90 Å². The van der Waals surface area contributed by atoms with Crippen LogP contribution in [0.5, 0.6) is 0 Å². The highest BCUT2D eigenvalue weighted by Gasteiger charge is 2.21. The van der Waals surface area contributed by atoms with Gasteiger partial charge in [0.1, 0.15) is 22.3 Å². The number of hydrogen-bond donors (Lipinski definition) is 0. The molecule has 0 aliphatic rings. The molecule has 2 heterocycles. The molecule has 0 atom stereocenters. The van der Waals surface area contributed by atoms with Gasteiger partial charge in [-0.15, -0.1) is 0 Å². The zero-order valence-electron chi connectivity index (χ0n) is 23.2. The first-order valence-corrected chi connectivity index (χ1v) is 14.5. The molecule has 0 saturated carbocycles. The van der Waals surface area contributed by atoms with E-state index in [2.05, 4.69) is 132 Å². The van der Waals surface area contributed by atoms with Gasteiger partial charge in [0.25, 0.3) is 0 Å². The summed E-state index contributed by atoms with van der Waals surface area (Å²) in [6, 6.07) is 53.2. The average molecular weight is 552 g/mol. The molecule has 0 radical (unpaired) electrons. The van der Waals surface area contributed by atoms with Crippen LogP contribution in [0.2, 0.25) is 0 Å². The molecule has 0 saturated heterocycles. The monoisotopic (exact) mass is 551 g/mol. The Morgan fingerprint density at radius 2 is 1.00 bits per heavy atom. The second kappa shape index (κ2) is 9.37. The van der Waals surface area contributed by atoms with Crippen LogP contribution in [0.4, 0.5) is 17.1 Å². The SMILES string of the molecule is c1ccc(N(c2ccc3c(c2)oc2ccccc23)c2ccc3ccccc3c2-c2ccc3oc4ccccc4c3c2)cc1. The Hall–Kier alpha value is -5.80. The molecule has 9 rings (SSSR count). The van der Waals surface area contributed by atoms with Crippen LogP contribution in [0.15, 0.2) is 160 Å². The van der Waals surface area contributed by atoms with E-state index in [0.717, 1.165) is 66.5 Å². The fourth-order valence-corrected chi connectivity index (χ4v) is 6.49. The van der Waals surface area contributed by atoms with Gasteiger partial charge < -0.3 is 13.7 Å². The van der Waals surface area contributed by atoms with E-state index in [0.29, 0.717) is 0 Å². The number of fused-ring (bicyclic) bond motifs is 7. The van der Waals surface area contributed by atoms with E-state index in [4.69, 9.17) is 8.83 Å². The molecule has 0 aliphatic carbocycles. The van der Waals surface area contributed by atoms with Gasteiger partial charge in [-0.25, -0.2) is 0 Å². The minimum atomic E-state index is 0.869. The van der Waals surface area contributed by atoms with Gasteiger partial charge in [-0.3, -0.25) is 0 Å². The lowest BCUT2D eigenvalue weighted by molar-refractivity contribution is 0.668. The Labute approximate surface area is 247 Å². The Morgan fingerprint density at radius 3 is 1.81 bits per heavy atom. The maximum atomic E-state index is 6.34. The number of rotatable bonds is 4. The fraction of sp³-hybridized carbons (Fsp3) is 0. The number of benzene rings is 7. The smallest absolute Gasteiger partial charge is 0.137 e. The molecule has 0 N–H and O–H groups in total. The first-order chi connectivity index (χ1) is 21.3. The van der Waals surface area contributed by atoms with Crippen LogP contribution in [0, 0.1) is 0 Å². The maximum absolute atomic E-state index is 6.34. The van der Waals surface area contributed by atoms with Crippen molar-refractivity contribution < 1.29 is 8.83 Å². The van der Waals surface area contributed by atoms with Crippen molar-refractivity contribution in [2.45, 2.75) is 0 Å². The Kier molecular flexibility index (Phi) is 5.20. The minimum Gasteiger partial charge on any atom is -0.456 e. The number of furan rings is 2. The zero-order valence-corrected chi connectivity index (χ0v) is 23.2. The third kappa shape index (κ3) is 3.75. The molecule has 7 aromatic carbocycles. The molecule has 0 spiro atoms. The second-order valence-electron chi connectivity index (χ2n) is 10.9. The lowest BCUT2D eigenvalue weighted by Crippen LogP contribution is -2.11. The molecule has 2 aromatic heterocycles. The average Bonchev–Trinajstić information content (AvgIpc) is 3.63. The van der Waals surface area contributed by atoms with E-state index in [1.54, 1.807) is 0 Å². The molecular weight excluding hydrogens is 526 g/mol. The summed E-state index contributed by atoms with van der Waals surface area (Å²) < 4.78 is 12.5. The molecule has 3 nitrogen and oxygen atoms in total. The molecule has 202 valence electrons. The van der Waals surface area contributed by atoms with E-state index in [1.807, 2.05) is 24.3 Å². The van der Waals surface area contributed by atoms with Gasteiger partial charge in [0, 0.05) is 44.5 Å². The van der Waals surface area contributed by atoms with Crippen molar-refractivity contribution >= 4 is 71.7 Å². The highest BCUT2D eigenvalue weighted by atomic mass is 16.3. The number of para-hydroxylation sites is 3. The number of hydrogen-bond acceptors (Lipinski definition) is 3. The summed E-state index contributed by atoms with van der Waals surface area (Å²) in [7, 11) is 0. The highest BCUT2D eigenvalue weighted by Crippen LogP contribution is 2.46. The summed E-state index contributed by atoms with van der Waals surface area (Å²) in [5, 5.41) is 6.86. The van der Waals surface area contributed by atoms with Crippen LogP contribution in [-0.2, 0) is 0 Å². The molecule has 0 bridgehead atoms. The maximum Gasteiger partial charge on any atom is 0.137 e. The van der Waals surface area contributed by atoms with E-state index in [1.165, 1.54) is 16.3 Å². The first-order valence-electron chi connectivity index (χ1n) is 14.5. The van der Waals surface area contributed by atoms with Crippen molar-refractivity contribution in [1.29, 1.82) is 0 Å². The lowest BCUT2D eigenvalue weighted by atomic mass is 9.94. The van der Waals surface area contributed by atoms with Crippen molar-refractivity contribution in [3.8, 4) is 11.1 Å². The van der Waals surface area contributed by atoms with Gasteiger partial charge in [0.2, 0.25) is 0 Å². The lowest BCUT2D eigenvalue weighted by Gasteiger charge is -2.28. The quantitative estimate of drug-likeness (QED) is 0.218. The minimum absolute atomic E-state index is 0.869. The molecule has 43 heavy (non-hydrogen) atoms. The fourth-order valence-electron chi connectivity index (χ4n) is 6.49. The van der Waals surface area contributed by atoms with Gasteiger partial charge in [0.05, 0.1) is 5.69 Å². The second-order valence-corrected chi connectivity index (χ2v) is 10.9. The third-order valence-corrected chi connectivity index (χ3v) is 8.45. The Bertz CT molecular complexity index is 2470. The van der Waals surface area contributed by atoms with Crippen molar-refractivity contribution in [1.82, 2.24) is 0 Å². The summed E-state index contributed by atoms with van der Waals surface area (Å²) in [5.74, 6) is 0. The van der Waals surface area contributed by atoms with Crippen molar-refractivity contribution in [2.24, 2.45) is 0 Å². The van der Waals surface area contributed by atoms with Crippen LogP contribution < -0.4 is 4.90 Å². The van der Waals surface area contributed by atoms with Gasteiger partial charge >= 0.3 is 0 Å². The summed E-state index contributed by atoms with van der Waals surface area (Å²) >= 11 is 0. The standard InChI is InChI=1S/C40H25NO2/c1-2-11-28(12-3-1)41(29-20-21-33-31-14-6-8-16-36(31)43-39(33)25-29)35-22-18-26-10-4-5-13-30(26)40(35)27-19-23-38-34(24-27)32-15-7-9-17-37(32)42-38/h1-25H.